The van der Waals surface area contributed by atoms with Crippen LogP contribution < -0.4 is 5.32 Å². The van der Waals surface area contributed by atoms with Gasteiger partial charge in [0.05, 0.1) is 10.8 Å². The maximum Gasteiger partial charge on any atom is 0.0545 e. The molecule has 0 aliphatic heterocycles. The van der Waals surface area contributed by atoms with E-state index in [1.54, 1.807) is 0 Å². The molecular weight excluding hydrogens is 230 g/mol. The van der Waals surface area contributed by atoms with Crippen LogP contribution in [0.4, 0.5) is 0 Å². The van der Waals surface area contributed by atoms with E-state index >= 15 is 0 Å². The van der Waals surface area contributed by atoms with Crippen molar-refractivity contribution in [1.29, 1.82) is 0 Å². The number of benzene rings is 1. The van der Waals surface area contributed by atoms with E-state index in [1.807, 2.05) is 13.1 Å². The van der Waals surface area contributed by atoms with Crippen molar-refractivity contribution in [2.75, 3.05) is 12.8 Å². The van der Waals surface area contributed by atoms with E-state index in [9.17, 15) is 4.21 Å². The summed E-state index contributed by atoms with van der Waals surface area (Å²) in [7, 11) is 1.10. The molecule has 0 saturated heterocycles. The molecule has 1 aromatic carbocycles. The van der Waals surface area contributed by atoms with Crippen molar-refractivity contribution < 1.29 is 4.21 Å². The van der Waals surface area contributed by atoms with Gasteiger partial charge in [0.2, 0.25) is 0 Å². The van der Waals surface area contributed by atoms with Crippen LogP contribution >= 0.6 is 0 Å². The molecule has 2 nitrogen and oxygen atoms in total. The standard InChI is InChI=1S/C14H21NOS/c1-10-4-7-13(8-11(10)2)17(16)9-14(15-3)12-5-6-12/h4,7-8,12,14-15H,5-6,9H2,1-3H3. The van der Waals surface area contributed by atoms with E-state index < -0.39 is 10.8 Å². The van der Waals surface area contributed by atoms with E-state index in [0.717, 1.165) is 16.6 Å². The van der Waals surface area contributed by atoms with Crippen LogP contribution in [0.1, 0.15) is 24.0 Å². The highest BCUT2D eigenvalue weighted by atomic mass is 32.2. The summed E-state index contributed by atoms with van der Waals surface area (Å²) < 4.78 is 12.3. The summed E-state index contributed by atoms with van der Waals surface area (Å²) in [4.78, 5) is 0.967. The van der Waals surface area contributed by atoms with Gasteiger partial charge in [-0.3, -0.25) is 4.21 Å². The summed E-state index contributed by atoms with van der Waals surface area (Å²) in [5, 5.41) is 3.30. The Hall–Kier alpha value is -0.670. The fraction of sp³-hybridized carbons (Fsp3) is 0.571. The van der Waals surface area contributed by atoms with Gasteiger partial charge < -0.3 is 5.32 Å². The first-order chi connectivity index (χ1) is 8.11. The molecule has 0 amide bonds. The van der Waals surface area contributed by atoms with Gasteiger partial charge in [0.1, 0.15) is 0 Å². The third-order valence-electron chi connectivity index (χ3n) is 3.63. The highest BCUT2D eigenvalue weighted by Gasteiger charge is 2.31. The maximum absolute atomic E-state index is 12.3. The van der Waals surface area contributed by atoms with Crippen LogP contribution in [0.25, 0.3) is 0 Å². The fourth-order valence-electron chi connectivity index (χ4n) is 2.07. The highest BCUT2D eigenvalue weighted by Crippen LogP contribution is 2.33. The second-order valence-corrected chi connectivity index (χ2v) is 6.49. The second kappa shape index (κ2) is 5.32. The Morgan fingerprint density at radius 3 is 2.59 bits per heavy atom. The lowest BCUT2D eigenvalue weighted by atomic mass is 10.1. The summed E-state index contributed by atoms with van der Waals surface area (Å²) in [5.74, 6) is 1.49. The van der Waals surface area contributed by atoms with Crippen LogP contribution in [0.2, 0.25) is 0 Å². The average Bonchev–Trinajstić information content (AvgIpc) is 3.13. The van der Waals surface area contributed by atoms with E-state index in [0.29, 0.717) is 6.04 Å². The van der Waals surface area contributed by atoms with Crippen molar-refractivity contribution >= 4 is 10.8 Å². The molecule has 2 atom stereocenters. The van der Waals surface area contributed by atoms with Gasteiger partial charge in [-0.05, 0) is 62.9 Å². The molecule has 1 fully saturated rings. The molecule has 2 unspecified atom stereocenters. The maximum atomic E-state index is 12.3. The lowest BCUT2D eigenvalue weighted by Crippen LogP contribution is -2.33. The monoisotopic (exact) mass is 251 g/mol. The molecule has 1 aliphatic carbocycles. The minimum atomic E-state index is -0.875. The summed E-state index contributed by atoms with van der Waals surface area (Å²) in [6.07, 6.45) is 2.57. The summed E-state index contributed by atoms with van der Waals surface area (Å²) in [6.45, 7) is 4.16. The third kappa shape index (κ3) is 3.17. The smallest absolute Gasteiger partial charge is 0.0545 e. The molecular formula is C14H21NOS. The van der Waals surface area contributed by atoms with Crippen LogP contribution in [0.3, 0.4) is 0 Å². The van der Waals surface area contributed by atoms with E-state index in [4.69, 9.17) is 0 Å². The minimum absolute atomic E-state index is 0.414. The molecule has 0 radical (unpaired) electrons. The van der Waals surface area contributed by atoms with Crippen molar-refractivity contribution in [3.05, 3.63) is 29.3 Å². The first-order valence-corrected chi connectivity index (χ1v) is 7.56. The predicted octanol–water partition coefficient (Wildman–Crippen LogP) is 2.41. The van der Waals surface area contributed by atoms with Crippen molar-refractivity contribution in [3.8, 4) is 0 Å². The number of rotatable bonds is 5. The van der Waals surface area contributed by atoms with Gasteiger partial charge in [-0.15, -0.1) is 0 Å². The van der Waals surface area contributed by atoms with Crippen molar-refractivity contribution in [2.45, 2.75) is 37.6 Å². The third-order valence-corrected chi connectivity index (χ3v) is 5.08. The Balaban J connectivity index is 2.05. The van der Waals surface area contributed by atoms with Gasteiger partial charge in [-0.25, -0.2) is 0 Å². The lowest BCUT2D eigenvalue weighted by molar-refractivity contribution is 0.546. The van der Waals surface area contributed by atoms with E-state index in [-0.39, 0.29) is 0 Å². The van der Waals surface area contributed by atoms with Crippen molar-refractivity contribution in [1.82, 2.24) is 5.32 Å². The van der Waals surface area contributed by atoms with Crippen molar-refractivity contribution in [2.24, 2.45) is 5.92 Å². The van der Waals surface area contributed by atoms with Crippen LogP contribution in [0.15, 0.2) is 23.1 Å². The molecule has 2 rings (SSSR count). The Bertz CT molecular complexity index is 426. The second-order valence-electron chi connectivity index (χ2n) is 4.99. The molecule has 1 N–H and O–H groups in total. The Labute approximate surface area is 106 Å². The quantitative estimate of drug-likeness (QED) is 0.870. The largest absolute Gasteiger partial charge is 0.316 e. The van der Waals surface area contributed by atoms with Gasteiger partial charge in [0, 0.05) is 16.7 Å². The molecule has 1 aromatic rings. The average molecular weight is 251 g/mol. The van der Waals surface area contributed by atoms with Crippen LogP contribution in [0, 0.1) is 19.8 Å². The zero-order valence-electron chi connectivity index (χ0n) is 10.8. The van der Waals surface area contributed by atoms with Gasteiger partial charge in [0.25, 0.3) is 0 Å². The topological polar surface area (TPSA) is 29.1 Å². The summed E-state index contributed by atoms with van der Waals surface area (Å²) in [5.41, 5.74) is 2.49. The van der Waals surface area contributed by atoms with Gasteiger partial charge in [-0.1, -0.05) is 6.07 Å². The zero-order chi connectivity index (χ0) is 12.4. The number of nitrogens with one attached hydrogen (secondary N) is 1. The van der Waals surface area contributed by atoms with E-state index in [2.05, 4.69) is 31.3 Å². The van der Waals surface area contributed by atoms with Gasteiger partial charge in [-0.2, -0.15) is 0 Å². The number of aryl methyl sites for hydroxylation is 2. The zero-order valence-corrected chi connectivity index (χ0v) is 11.6. The van der Waals surface area contributed by atoms with Gasteiger partial charge in [0.15, 0.2) is 0 Å². The van der Waals surface area contributed by atoms with Crippen LogP contribution in [0.5, 0.6) is 0 Å². The molecule has 17 heavy (non-hydrogen) atoms. The first-order valence-electron chi connectivity index (χ1n) is 6.24. The molecule has 0 aromatic heterocycles. The molecule has 0 spiro atoms. The number of hydrogen-bond acceptors (Lipinski definition) is 2. The van der Waals surface area contributed by atoms with Crippen molar-refractivity contribution in [3.63, 3.8) is 0 Å². The molecule has 1 aliphatic rings. The molecule has 94 valence electrons. The fourth-order valence-corrected chi connectivity index (χ4v) is 3.55. The van der Waals surface area contributed by atoms with Gasteiger partial charge >= 0.3 is 0 Å². The van der Waals surface area contributed by atoms with Crippen LogP contribution in [-0.4, -0.2) is 23.1 Å². The Kier molecular flexibility index (Phi) is 4.00. The normalized spacial score (nSPS) is 19.0. The molecule has 0 bridgehead atoms. The SMILES string of the molecule is CNC(CS(=O)c1ccc(C)c(C)c1)C1CC1. The summed E-state index contributed by atoms with van der Waals surface area (Å²) >= 11 is 0. The molecule has 0 heterocycles. The minimum Gasteiger partial charge on any atom is -0.316 e. The summed E-state index contributed by atoms with van der Waals surface area (Å²) in [6, 6.07) is 6.54. The number of hydrogen-bond donors (Lipinski definition) is 1. The predicted molar refractivity (Wildman–Crippen MR) is 72.8 cm³/mol. The van der Waals surface area contributed by atoms with Crippen LogP contribution in [-0.2, 0) is 10.8 Å². The Morgan fingerprint density at radius 2 is 2.06 bits per heavy atom. The lowest BCUT2D eigenvalue weighted by Gasteiger charge is -2.15. The molecule has 3 heteroatoms. The molecule has 1 saturated carbocycles. The highest BCUT2D eigenvalue weighted by molar-refractivity contribution is 7.85. The van der Waals surface area contributed by atoms with E-state index in [1.165, 1.54) is 24.0 Å². The first kappa shape index (κ1) is 12.8. The Morgan fingerprint density at radius 1 is 1.35 bits per heavy atom.